The number of benzene rings is 2. The summed E-state index contributed by atoms with van der Waals surface area (Å²) in [6, 6.07) is 24.9. The molecule has 156 valence electrons. The molecule has 0 saturated carbocycles. The first-order valence-corrected chi connectivity index (χ1v) is 10.1. The number of aromatic nitrogens is 1. The molecular weight excluding hydrogens is 410 g/mol. The van der Waals surface area contributed by atoms with E-state index in [1.165, 1.54) is 0 Å². The number of rotatable bonds is 7. The summed E-state index contributed by atoms with van der Waals surface area (Å²) >= 11 is 5.37. The molecule has 0 aliphatic rings. The maximum atomic E-state index is 5.87. The van der Waals surface area contributed by atoms with Gasteiger partial charge in [-0.3, -0.25) is 0 Å². The molecular formula is C24H21N3O3S. The molecule has 0 unspecified atom stereocenters. The fourth-order valence-corrected chi connectivity index (χ4v) is 3.09. The summed E-state index contributed by atoms with van der Waals surface area (Å²) in [6.07, 6.45) is 1.65. The van der Waals surface area contributed by atoms with Gasteiger partial charge in [-0.2, -0.15) is 0 Å². The maximum Gasteiger partial charge on any atom is 0.219 e. The van der Waals surface area contributed by atoms with E-state index < -0.39 is 0 Å². The molecule has 2 N–H and O–H groups in total. The second-order valence-electron chi connectivity index (χ2n) is 6.58. The first-order chi connectivity index (χ1) is 15.2. The third-order valence-corrected chi connectivity index (χ3v) is 4.67. The number of nitrogens with one attached hydrogen (secondary N) is 2. The highest BCUT2D eigenvalue weighted by Crippen LogP contribution is 2.30. The first kappa shape index (κ1) is 20.4. The normalized spacial score (nSPS) is 10.4. The van der Waals surface area contributed by atoms with Gasteiger partial charge in [-0.1, -0.05) is 42.5 Å². The molecule has 2 aromatic carbocycles. The van der Waals surface area contributed by atoms with Crippen LogP contribution < -0.4 is 20.1 Å². The Hall–Kier alpha value is -3.84. The fourth-order valence-electron chi connectivity index (χ4n) is 2.90. The van der Waals surface area contributed by atoms with Crippen molar-refractivity contribution in [2.75, 3.05) is 12.4 Å². The summed E-state index contributed by atoms with van der Waals surface area (Å²) in [5.41, 5.74) is 1.78. The van der Waals surface area contributed by atoms with Crippen molar-refractivity contribution >= 4 is 23.0 Å². The summed E-state index contributed by atoms with van der Waals surface area (Å²) < 4.78 is 16.9. The zero-order valence-electron chi connectivity index (χ0n) is 16.9. The van der Waals surface area contributed by atoms with E-state index in [0.29, 0.717) is 29.0 Å². The van der Waals surface area contributed by atoms with Gasteiger partial charge in [0.2, 0.25) is 5.88 Å². The second-order valence-corrected chi connectivity index (χ2v) is 6.99. The molecule has 6 nitrogen and oxygen atoms in total. The zero-order chi connectivity index (χ0) is 21.5. The van der Waals surface area contributed by atoms with E-state index in [2.05, 4.69) is 15.6 Å². The molecule has 4 aromatic rings. The smallest absolute Gasteiger partial charge is 0.219 e. The van der Waals surface area contributed by atoms with Crippen LogP contribution in [-0.4, -0.2) is 17.2 Å². The lowest BCUT2D eigenvalue weighted by molar-refractivity contribution is 0.374. The van der Waals surface area contributed by atoms with Gasteiger partial charge < -0.3 is 24.5 Å². The third kappa shape index (κ3) is 5.40. The minimum Gasteiger partial charge on any atom is -0.493 e. The van der Waals surface area contributed by atoms with Crippen LogP contribution in [0, 0.1) is 0 Å². The third-order valence-electron chi connectivity index (χ3n) is 4.42. The first-order valence-electron chi connectivity index (χ1n) is 9.67. The molecule has 0 radical (unpaired) electrons. The lowest BCUT2D eigenvalue weighted by Gasteiger charge is -2.11. The Morgan fingerprint density at radius 3 is 2.45 bits per heavy atom. The summed E-state index contributed by atoms with van der Waals surface area (Å²) in [5, 5.41) is 6.70. The van der Waals surface area contributed by atoms with Gasteiger partial charge in [0.05, 0.1) is 25.5 Å². The van der Waals surface area contributed by atoms with E-state index in [0.717, 1.165) is 22.8 Å². The van der Waals surface area contributed by atoms with E-state index in [4.69, 9.17) is 26.1 Å². The van der Waals surface area contributed by atoms with Crippen LogP contribution >= 0.6 is 12.2 Å². The van der Waals surface area contributed by atoms with Crippen molar-refractivity contribution in [2.45, 2.75) is 6.54 Å². The van der Waals surface area contributed by atoms with Crippen LogP contribution in [-0.2, 0) is 6.54 Å². The molecule has 4 rings (SSSR count). The molecule has 2 aromatic heterocycles. The molecule has 0 fully saturated rings. The number of nitrogens with zero attached hydrogens (tertiary/aromatic N) is 1. The van der Waals surface area contributed by atoms with Gasteiger partial charge in [-0.15, -0.1) is 0 Å². The standard InChI is InChI=1S/C24H21N3O3S/c1-28-21-9-5-6-10-22(21)30-23-14-11-18(15-25-23)27-24(31)26-16-19-12-13-20(29-19)17-7-3-2-4-8-17/h2-15H,16H2,1H3,(H2,26,27,31). The second kappa shape index (κ2) is 9.77. The van der Waals surface area contributed by atoms with Crippen LogP contribution in [0.2, 0.25) is 0 Å². The lowest BCUT2D eigenvalue weighted by Crippen LogP contribution is -2.27. The number of anilines is 1. The average molecular weight is 432 g/mol. The van der Waals surface area contributed by atoms with E-state index in [1.54, 1.807) is 19.4 Å². The molecule has 7 heteroatoms. The molecule has 0 saturated heterocycles. The van der Waals surface area contributed by atoms with E-state index in [9.17, 15) is 0 Å². The average Bonchev–Trinajstić information content (AvgIpc) is 3.29. The van der Waals surface area contributed by atoms with E-state index >= 15 is 0 Å². The Bertz CT molecular complexity index is 1140. The van der Waals surface area contributed by atoms with Crippen LogP contribution in [0.3, 0.4) is 0 Å². The Kier molecular flexibility index (Phi) is 6.44. The van der Waals surface area contributed by atoms with Crippen molar-refractivity contribution in [3.63, 3.8) is 0 Å². The zero-order valence-corrected chi connectivity index (χ0v) is 17.7. The highest BCUT2D eigenvalue weighted by Gasteiger charge is 2.07. The van der Waals surface area contributed by atoms with E-state index in [1.807, 2.05) is 72.8 Å². The minimum atomic E-state index is 0.456. The quantitative estimate of drug-likeness (QED) is 0.368. The number of para-hydroxylation sites is 2. The highest BCUT2D eigenvalue weighted by atomic mass is 32.1. The molecule has 0 bridgehead atoms. The number of hydrogen-bond acceptors (Lipinski definition) is 5. The van der Waals surface area contributed by atoms with Gasteiger partial charge in [-0.25, -0.2) is 4.98 Å². The van der Waals surface area contributed by atoms with Crippen molar-refractivity contribution < 1.29 is 13.9 Å². The lowest BCUT2D eigenvalue weighted by atomic mass is 10.2. The monoisotopic (exact) mass is 431 g/mol. The Balaban J connectivity index is 1.29. The van der Waals surface area contributed by atoms with Gasteiger partial charge in [0, 0.05) is 11.6 Å². The number of pyridine rings is 1. The Morgan fingerprint density at radius 2 is 1.71 bits per heavy atom. The summed E-state index contributed by atoms with van der Waals surface area (Å²) in [7, 11) is 1.60. The van der Waals surface area contributed by atoms with Crippen molar-refractivity contribution in [3.8, 4) is 28.7 Å². The van der Waals surface area contributed by atoms with Crippen LogP contribution in [0.4, 0.5) is 5.69 Å². The van der Waals surface area contributed by atoms with Gasteiger partial charge in [-0.05, 0) is 42.5 Å². The fraction of sp³-hybridized carbons (Fsp3) is 0.0833. The molecule has 0 aliphatic heterocycles. The van der Waals surface area contributed by atoms with Gasteiger partial charge in [0.25, 0.3) is 0 Å². The molecule has 31 heavy (non-hydrogen) atoms. The van der Waals surface area contributed by atoms with Gasteiger partial charge in [0.15, 0.2) is 16.6 Å². The summed E-state index contributed by atoms with van der Waals surface area (Å²) in [4.78, 5) is 4.31. The molecule has 0 amide bonds. The number of methoxy groups -OCH3 is 1. The number of ether oxygens (including phenoxy) is 2. The predicted octanol–water partition coefficient (Wildman–Crippen LogP) is 5.63. The van der Waals surface area contributed by atoms with Crippen molar-refractivity contribution in [1.82, 2.24) is 10.3 Å². The van der Waals surface area contributed by atoms with Gasteiger partial charge in [0.1, 0.15) is 11.5 Å². The van der Waals surface area contributed by atoms with Crippen molar-refractivity contribution in [1.29, 1.82) is 0 Å². The molecule has 0 aliphatic carbocycles. The number of furan rings is 1. The predicted molar refractivity (Wildman–Crippen MR) is 125 cm³/mol. The maximum absolute atomic E-state index is 5.87. The Labute approximate surface area is 185 Å². The topological polar surface area (TPSA) is 68.6 Å². The SMILES string of the molecule is COc1ccccc1Oc1ccc(NC(=S)NCc2ccc(-c3ccccc3)o2)cn1. The molecule has 0 atom stereocenters. The number of hydrogen-bond donors (Lipinski definition) is 2. The Morgan fingerprint density at radius 1 is 0.935 bits per heavy atom. The molecule has 2 heterocycles. The largest absolute Gasteiger partial charge is 0.493 e. The summed E-state index contributed by atoms with van der Waals surface area (Å²) in [6.45, 7) is 0.473. The van der Waals surface area contributed by atoms with Gasteiger partial charge >= 0.3 is 0 Å². The number of thiocarbonyl (C=S) groups is 1. The summed E-state index contributed by atoms with van der Waals surface area (Å²) in [5.74, 6) is 3.32. The van der Waals surface area contributed by atoms with E-state index in [-0.39, 0.29) is 0 Å². The van der Waals surface area contributed by atoms with Crippen molar-refractivity contribution in [2.24, 2.45) is 0 Å². The highest BCUT2D eigenvalue weighted by molar-refractivity contribution is 7.80. The minimum absolute atomic E-state index is 0.456. The van der Waals surface area contributed by atoms with Crippen LogP contribution in [0.5, 0.6) is 17.4 Å². The van der Waals surface area contributed by atoms with Crippen LogP contribution in [0.1, 0.15) is 5.76 Å². The molecule has 0 spiro atoms. The van der Waals surface area contributed by atoms with Crippen LogP contribution in [0.25, 0.3) is 11.3 Å². The van der Waals surface area contributed by atoms with Crippen molar-refractivity contribution in [3.05, 3.63) is 90.8 Å². The van der Waals surface area contributed by atoms with Crippen LogP contribution in [0.15, 0.2) is 89.5 Å².